The minimum Gasteiger partial charge on any atom is -0.497 e. The zero-order chi connectivity index (χ0) is 16.6. The van der Waals surface area contributed by atoms with E-state index < -0.39 is 10.8 Å². The van der Waals surface area contributed by atoms with Gasteiger partial charge in [-0.25, -0.2) is 0 Å². The second kappa shape index (κ2) is 5.87. The first kappa shape index (κ1) is 15.3. The van der Waals surface area contributed by atoms with Crippen molar-refractivity contribution in [2.45, 2.75) is 32.1 Å². The number of rotatable bonds is 3. The fourth-order valence-electron chi connectivity index (χ4n) is 3.23. The van der Waals surface area contributed by atoms with Crippen LogP contribution in [0, 0.1) is 10.1 Å². The highest BCUT2D eigenvalue weighted by atomic mass is 16.6. The first-order chi connectivity index (χ1) is 11.0. The van der Waals surface area contributed by atoms with E-state index in [0.29, 0.717) is 30.6 Å². The van der Waals surface area contributed by atoms with E-state index >= 15 is 0 Å². The Bertz CT molecular complexity index is 747. The average molecular weight is 315 g/mol. The lowest BCUT2D eigenvalue weighted by atomic mass is 9.79. The number of benzene rings is 1. The Hall–Kier alpha value is -2.63. The molecule has 1 aliphatic heterocycles. The molecule has 0 saturated carbocycles. The topological polar surface area (TPSA) is 78.7 Å². The van der Waals surface area contributed by atoms with E-state index in [2.05, 4.69) is 0 Å². The molecule has 0 fully saturated rings. The van der Waals surface area contributed by atoms with Crippen LogP contribution in [0.2, 0.25) is 0 Å². The van der Waals surface area contributed by atoms with Crippen LogP contribution >= 0.6 is 0 Å². The third-order valence-electron chi connectivity index (χ3n) is 4.26. The van der Waals surface area contributed by atoms with Gasteiger partial charge in [-0.3, -0.25) is 14.9 Å². The number of nitrogens with zero attached hydrogens (tertiary/aromatic N) is 1. The van der Waals surface area contributed by atoms with Crippen molar-refractivity contribution in [1.29, 1.82) is 0 Å². The van der Waals surface area contributed by atoms with Gasteiger partial charge in [-0.2, -0.15) is 0 Å². The molecule has 120 valence electrons. The second-order valence-corrected chi connectivity index (χ2v) is 5.64. The molecule has 0 spiro atoms. The fourth-order valence-corrected chi connectivity index (χ4v) is 3.23. The molecule has 0 saturated heterocycles. The van der Waals surface area contributed by atoms with Crippen LogP contribution in [0.3, 0.4) is 0 Å². The lowest BCUT2D eigenvalue weighted by Gasteiger charge is -2.29. The Morgan fingerprint density at radius 3 is 2.83 bits per heavy atom. The number of carbonyl (C=O) groups excluding carboxylic acids is 1. The van der Waals surface area contributed by atoms with Gasteiger partial charge in [0, 0.05) is 13.3 Å². The fraction of sp³-hybridized carbons (Fsp3) is 0.353. The SMILES string of the molecule is COc1cccc(C2C3=C(OC(C)=C2[N+](=O)[O-])C(=O)CCC3)c1. The van der Waals surface area contributed by atoms with Crippen molar-refractivity contribution < 1.29 is 19.2 Å². The molecule has 1 atom stereocenters. The van der Waals surface area contributed by atoms with Crippen molar-refractivity contribution in [2.75, 3.05) is 7.11 Å². The Morgan fingerprint density at radius 2 is 2.13 bits per heavy atom. The summed E-state index contributed by atoms with van der Waals surface area (Å²) >= 11 is 0. The van der Waals surface area contributed by atoms with Crippen molar-refractivity contribution in [3.8, 4) is 5.75 Å². The Kier molecular flexibility index (Phi) is 3.90. The molecular weight excluding hydrogens is 298 g/mol. The summed E-state index contributed by atoms with van der Waals surface area (Å²) in [4.78, 5) is 23.3. The van der Waals surface area contributed by atoms with Gasteiger partial charge in [0.1, 0.15) is 11.7 Å². The maximum atomic E-state index is 12.2. The van der Waals surface area contributed by atoms with E-state index in [0.717, 1.165) is 5.56 Å². The molecule has 3 rings (SSSR count). The normalized spacial score (nSPS) is 21.0. The van der Waals surface area contributed by atoms with Crippen LogP contribution in [0.1, 0.15) is 37.7 Å². The number of methoxy groups -OCH3 is 1. The zero-order valence-corrected chi connectivity index (χ0v) is 13.0. The minimum atomic E-state index is -0.576. The van der Waals surface area contributed by atoms with Crippen molar-refractivity contribution in [3.63, 3.8) is 0 Å². The molecule has 1 heterocycles. The van der Waals surface area contributed by atoms with Crippen molar-refractivity contribution >= 4 is 5.78 Å². The maximum Gasteiger partial charge on any atom is 0.295 e. The van der Waals surface area contributed by atoms with E-state index in [4.69, 9.17) is 9.47 Å². The standard InChI is InChI=1S/C17H17NO5/c1-10-16(18(20)21)15(11-5-3-6-12(9-11)22-2)13-7-4-8-14(19)17(13)23-10/h3,5-6,9,15H,4,7-8H2,1-2H3. The van der Waals surface area contributed by atoms with Crippen LogP contribution in [0.25, 0.3) is 0 Å². The van der Waals surface area contributed by atoms with Gasteiger partial charge < -0.3 is 9.47 Å². The summed E-state index contributed by atoms with van der Waals surface area (Å²) in [7, 11) is 1.55. The Labute approximate surface area is 133 Å². The number of nitro groups is 1. The molecule has 1 unspecified atom stereocenters. The predicted octanol–water partition coefficient (Wildman–Crippen LogP) is 3.32. The van der Waals surface area contributed by atoms with Crippen LogP contribution in [-0.2, 0) is 9.53 Å². The van der Waals surface area contributed by atoms with Gasteiger partial charge in [-0.05, 0) is 36.1 Å². The summed E-state index contributed by atoms with van der Waals surface area (Å²) in [6, 6.07) is 7.17. The van der Waals surface area contributed by atoms with Gasteiger partial charge in [-0.1, -0.05) is 12.1 Å². The highest BCUT2D eigenvalue weighted by molar-refractivity contribution is 5.95. The zero-order valence-electron chi connectivity index (χ0n) is 13.0. The molecule has 0 aromatic heterocycles. The molecule has 1 aromatic carbocycles. The summed E-state index contributed by atoms with van der Waals surface area (Å²) in [6.07, 6.45) is 1.73. The lowest BCUT2D eigenvalue weighted by molar-refractivity contribution is -0.433. The van der Waals surface area contributed by atoms with Crippen molar-refractivity contribution in [2.24, 2.45) is 0 Å². The number of allylic oxidation sites excluding steroid dienone is 3. The summed E-state index contributed by atoms with van der Waals surface area (Å²) < 4.78 is 10.7. The van der Waals surface area contributed by atoms with Crippen LogP contribution in [0.15, 0.2) is 47.1 Å². The Morgan fingerprint density at radius 1 is 1.35 bits per heavy atom. The van der Waals surface area contributed by atoms with E-state index in [1.807, 2.05) is 6.07 Å². The van der Waals surface area contributed by atoms with Crippen LogP contribution in [0.5, 0.6) is 5.75 Å². The number of carbonyl (C=O) groups is 1. The number of ether oxygens (including phenoxy) is 2. The van der Waals surface area contributed by atoms with E-state index in [9.17, 15) is 14.9 Å². The van der Waals surface area contributed by atoms with Gasteiger partial charge in [0.2, 0.25) is 0 Å². The van der Waals surface area contributed by atoms with E-state index in [-0.39, 0.29) is 23.0 Å². The number of hydrogen-bond acceptors (Lipinski definition) is 5. The van der Waals surface area contributed by atoms with Crippen molar-refractivity contribution in [1.82, 2.24) is 0 Å². The minimum absolute atomic E-state index is 0.00768. The summed E-state index contributed by atoms with van der Waals surface area (Å²) in [5.41, 5.74) is 1.43. The number of ketones is 1. The maximum absolute atomic E-state index is 12.2. The number of Topliss-reactive ketones (excluding diaryl/α,β-unsaturated/α-hetero) is 1. The first-order valence-corrected chi connectivity index (χ1v) is 7.46. The molecule has 23 heavy (non-hydrogen) atoms. The van der Waals surface area contributed by atoms with Gasteiger partial charge >= 0.3 is 0 Å². The van der Waals surface area contributed by atoms with Gasteiger partial charge in [0.15, 0.2) is 17.3 Å². The summed E-state index contributed by atoms with van der Waals surface area (Å²) in [6.45, 7) is 1.54. The predicted molar refractivity (Wildman–Crippen MR) is 82.4 cm³/mol. The average Bonchev–Trinajstić information content (AvgIpc) is 2.54. The summed E-state index contributed by atoms with van der Waals surface area (Å²) in [5, 5.41) is 11.6. The second-order valence-electron chi connectivity index (χ2n) is 5.64. The van der Waals surface area contributed by atoms with E-state index in [1.54, 1.807) is 25.3 Å². The molecule has 0 bridgehead atoms. The first-order valence-electron chi connectivity index (χ1n) is 7.46. The van der Waals surface area contributed by atoms with Crippen LogP contribution in [0.4, 0.5) is 0 Å². The van der Waals surface area contributed by atoms with Gasteiger partial charge in [-0.15, -0.1) is 0 Å². The molecule has 1 aliphatic carbocycles. The summed E-state index contributed by atoms with van der Waals surface area (Å²) in [5.74, 6) is 0.427. The largest absolute Gasteiger partial charge is 0.497 e. The van der Waals surface area contributed by atoms with Gasteiger partial charge in [0.05, 0.1) is 12.0 Å². The molecular formula is C17H17NO5. The number of hydrogen-bond donors (Lipinski definition) is 0. The van der Waals surface area contributed by atoms with Gasteiger partial charge in [0.25, 0.3) is 5.70 Å². The van der Waals surface area contributed by atoms with E-state index in [1.165, 1.54) is 6.92 Å². The lowest BCUT2D eigenvalue weighted by Crippen LogP contribution is -2.26. The van der Waals surface area contributed by atoms with Crippen molar-refractivity contribution in [3.05, 3.63) is 62.7 Å². The molecule has 0 N–H and O–H groups in total. The smallest absolute Gasteiger partial charge is 0.295 e. The molecule has 0 radical (unpaired) electrons. The highest BCUT2D eigenvalue weighted by Crippen LogP contribution is 2.45. The molecule has 1 aromatic rings. The third-order valence-corrected chi connectivity index (χ3v) is 4.26. The molecule has 6 nitrogen and oxygen atoms in total. The highest BCUT2D eigenvalue weighted by Gasteiger charge is 2.42. The van der Waals surface area contributed by atoms with Crippen LogP contribution in [-0.4, -0.2) is 17.8 Å². The molecule has 6 heteroatoms. The Balaban J connectivity index is 2.18. The quantitative estimate of drug-likeness (QED) is 0.631. The molecule has 2 aliphatic rings. The molecule has 0 amide bonds. The third kappa shape index (κ3) is 2.60. The van der Waals surface area contributed by atoms with Crippen LogP contribution < -0.4 is 4.74 Å². The monoisotopic (exact) mass is 315 g/mol.